The van der Waals surface area contributed by atoms with Crippen molar-refractivity contribution in [3.05, 3.63) is 89.5 Å². The number of anilines is 2. The van der Waals surface area contributed by atoms with Gasteiger partial charge >= 0.3 is 0 Å². The molecule has 32 heavy (non-hydrogen) atoms. The van der Waals surface area contributed by atoms with Gasteiger partial charge in [-0.15, -0.1) is 0 Å². The van der Waals surface area contributed by atoms with Crippen LogP contribution in [0.15, 0.2) is 77.7 Å². The van der Waals surface area contributed by atoms with E-state index in [9.17, 15) is 18.0 Å². The third-order valence-corrected chi connectivity index (χ3v) is 6.71. The van der Waals surface area contributed by atoms with Crippen molar-refractivity contribution in [3.63, 3.8) is 0 Å². The molecule has 0 fully saturated rings. The molecule has 0 bridgehead atoms. The predicted octanol–water partition coefficient (Wildman–Crippen LogP) is 3.86. The lowest BCUT2D eigenvalue weighted by Gasteiger charge is -2.19. The highest BCUT2D eigenvalue weighted by atomic mass is 32.2. The van der Waals surface area contributed by atoms with Crippen molar-refractivity contribution in [1.29, 1.82) is 0 Å². The first kappa shape index (κ1) is 21.6. The average molecular weight is 450 g/mol. The number of carbonyl (C=O) groups excluding carboxylic acids is 2. The van der Waals surface area contributed by atoms with Crippen LogP contribution in [0, 0.1) is 0 Å². The summed E-state index contributed by atoms with van der Waals surface area (Å²) in [6.45, 7) is 1.87. The Morgan fingerprint density at radius 2 is 1.69 bits per heavy atom. The van der Waals surface area contributed by atoms with Gasteiger partial charge < -0.3 is 10.6 Å². The Balaban J connectivity index is 1.56. The molecule has 2 amide bonds. The number of hydrogen-bond acceptors (Lipinski definition) is 4. The topological polar surface area (TPSA) is 104 Å². The van der Waals surface area contributed by atoms with Gasteiger partial charge in [-0.3, -0.25) is 14.3 Å². The molecule has 8 heteroatoms. The lowest BCUT2D eigenvalue weighted by atomic mass is 10.0. The van der Waals surface area contributed by atoms with Crippen molar-refractivity contribution < 1.29 is 18.0 Å². The molecule has 0 radical (unpaired) electrons. The molecule has 0 spiro atoms. The highest BCUT2D eigenvalue weighted by Crippen LogP contribution is 2.27. The molecule has 7 nitrogen and oxygen atoms in total. The van der Waals surface area contributed by atoms with Gasteiger partial charge in [0.2, 0.25) is 5.91 Å². The third-order valence-electron chi connectivity index (χ3n) is 5.35. The summed E-state index contributed by atoms with van der Waals surface area (Å²) in [6, 6.07) is 20.3. The number of fused-ring (bicyclic) bond motifs is 1. The normalized spacial score (nSPS) is 14.1. The molecule has 164 valence electrons. The Labute approximate surface area is 186 Å². The predicted molar refractivity (Wildman–Crippen MR) is 123 cm³/mol. The van der Waals surface area contributed by atoms with Gasteiger partial charge in [-0.05, 0) is 54.8 Å². The van der Waals surface area contributed by atoms with Crippen LogP contribution in [0.25, 0.3) is 0 Å². The second-order valence-electron chi connectivity index (χ2n) is 7.62. The summed E-state index contributed by atoms with van der Waals surface area (Å²) in [5, 5.41) is 5.65. The van der Waals surface area contributed by atoms with E-state index in [1.54, 1.807) is 36.4 Å². The van der Waals surface area contributed by atoms with Crippen LogP contribution in [-0.2, 0) is 21.2 Å². The minimum Gasteiger partial charge on any atom is -0.345 e. The van der Waals surface area contributed by atoms with E-state index < -0.39 is 10.0 Å². The lowest BCUT2D eigenvalue weighted by Crippen LogP contribution is -2.28. The average Bonchev–Trinajstić information content (AvgIpc) is 2.79. The molecule has 4 rings (SSSR count). The zero-order valence-electron chi connectivity index (χ0n) is 17.5. The van der Waals surface area contributed by atoms with Gasteiger partial charge in [0.15, 0.2) is 0 Å². The zero-order chi connectivity index (χ0) is 22.7. The second-order valence-corrected chi connectivity index (χ2v) is 9.31. The van der Waals surface area contributed by atoms with Crippen LogP contribution in [0.2, 0.25) is 0 Å². The molecule has 3 aromatic carbocycles. The van der Waals surface area contributed by atoms with E-state index in [-0.39, 0.29) is 34.0 Å². The Hall–Kier alpha value is -3.65. The fourth-order valence-electron chi connectivity index (χ4n) is 3.60. The Kier molecular flexibility index (Phi) is 5.96. The minimum atomic E-state index is -3.94. The van der Waals surface area contributed by atoms with E-state index in [1.165, 1.54) is 6.07 Å². The van der Waals surface area contributed by atoms with Crippen LogP contribution in [0.3, 0.4) is 0 Å². The van der Waals surface area contributed by atoms with Gasteiger partial charge in [0.05, 0.1) is 22.2 Å². The van der Waals surface area contributed by atoms with Crippen molar-refractivity contribution in [1.82, 2.24) is 5.32 Å². The molecule has 0 aromatic heterocycles. The van der Waals surface area contributed by atoms with Crippen molar-refractivity contribution in [2.45, 2.75) is 30.7 Å². The van der Waals surface area contributed by atoms with Gasteiger partial charge in [-0.2, -0.15) is 0 Å². The van der Waals surface area contributed by atoms with Crippen LogP contribution < -0.4 is 15.4 Å². The number of nitrogens with one attached hydrogen (secondary N) is 3. The quantitative estimate of drug-likeness (QED) is 0.531. The molecule has 1 aliphatic heterocycles. The molecule has 1 heterocycles. The first-order valence-corrected chi connectivity index (χ1v) is 11.7. The summed E-state index contributed by atoms with van der Waals surface area (Å²) < 4.78 is 28.6. The lowest BCUT2D eigenvalue weighted by molar-refractivity contribution is -0.116. The number of para-hydroxylation sites is 1. The van der Waals surface area contributed by atoms with E-state index in [0.29, 0.717) is 18.5 Å². The van der Waals surface area contributed by atoms with Crippen LogP contribution in [0.4, 0.5) is 11.4 Å². The largest absolute Gasteiger partial charge is 0.345 e. The maximum Gasteiger partial charge on any atom is 0.261 e. The molecule has 3 N–H and O–H groups in total. The smallest absolute Gasteiger partial charge is 0.261 e. The first-order chi connectivity index (χ1) is 15.3. The fourth-order valence-corrected chi connectivity index (χ4v) is 4.73. The SMILES string of the molecule is CC(NC(=O)c1ccccc1NS(=O)(=O)c1ccc2c(c1)CCC(=O)N2)c1ccccc1. The Morgan fingerprint density at radius 1 is 0.969 bits per heavy atom. The van der Waals surface area contributed by atoms with Gasteiger partial charge in [0.1, 0.15) is 0 Å². The van der Waals surface area contributed by atoms with Crippen molar-refractivity contribution >= 4 is 33.2 Å². The van der Waals surface area contributed by atoms with Crippen LogP contribution in [0.1, 0.15) is 40.9 Å². The van der Waals surface area contributed by atoms with Crippen molar-refractivity contribution in [2.75, 3.05) is 10.0 Å². The summed E-state index contributed by atoms with van der Waals surface area (Å²) >= 11 is 0. The van der Waals surface area contributed by atoms with Crippen LogP contribution in [0.5, 0.6) is 0 Å². The first-order valence-electron chi connectivity index (χ1n) is 10.2. The van der Waals surface area contributed by atoms with Crippen molar-refractivity contribution in [3.8, 4) is 0 Å². The van der Waals surface area contributed by atoms with E-state index in [4.69, 9.17) is 0 Å². The molecule has 1 aliphatic rings. The summed E-state index contributed by atoms with van der Waals surface area (Å²) in [6.07, 6.45) is 0.785. The number of carbonyl (C=O) groups is 2. The fraction of sp³-hybridized carbons (Fsp3) is 0.167. The molecule has 0 saturated carbocycles. The molecule has 0 saturated heterocycles. The molecule has 1 unspecified atom stereocenters. The highest BCUT2D eigenvalue weighted by Gasteiger charge is 2.22. The van der Waals surface area contributed by atoms with E-state index in [2.05, 4.69) is 15.4 Å². The third kappa shape index (κ3) is 4.65. The molecular formula is C24H23N3O4S. The zero-order valence-corrected chi connectivity index (χ0v) is 18.3. The van der Waals surface area contributed by atoms with Gasteiger partial charge in [-0.1, -0.05) is 42.5 Å². The summed E-state index contributed by atoms with van der Waals surface area (Å²) in [5.74, 6) is -0.469. The Morgan fingerprint density at radius 3 is 2.47 bits per heavy atom. The number of aryl methyl sites for hydroxylation is 1. The summed E-state index contributed by atoms with van der Waals surface area (Å²) in [4.78, 5) is 24.5. The minimum absolute atomic E-state index is 0.0697. The number of sulfonamides is 1. The van der Waals surface area contributed by atoms with E-state index in [0.717, 1.165) is 11.1 Å². The highest BCUT2D eigenvalue weighted by molar-refractivity contribution is 7.92. The second kappa shape index (κ2) is 8.84. The number of benzene rings is 3. The monoisotopic (exact) mass is 449 g/mol. The molecule has 3 aromatic rings. The van der Waals surface area contributed by atoms with Crippen LogP contribution in [-0.4, -0.2) is 20.2 Å². The Bertz CT molecular complexity index is 1270. The molecule has 0 aliphatic carbocycles. The van der Waals surface area contributed by atoms with E-state index in [1.807, 2.05) is 37.3 Å². The van der Waals surface area contributed by atoms with Gasteiger partial charge in [0.25, 0.3) is 15.9 Å². The standard InChI is InChI=1S/C24H23N3O4S/c1-16(17-7-3-2-4-8-17)25-24(29)20-9-5-6-10-22(20)27-32(30,31)19-12-13-21-18(15-19)11-14-23(28)26-21/h2-10,12-13,15-16,27H,11,14H2,1H3,(H,25,29)(H,26,28). The summed E-state index contributed by atoms with van der Waals surface area (Å²) in [5.41, 5.74) is 2.74. The number of rotatable bonds is 6. The number of amides is 2. The maximum absolute atomic E-state index is 13.0. The molecular weight excluding hydrogens is 426 g/mol. The van der Waals surface area contributed by atoms with Gasteiger partial charge in [-0.25, -0.2) is 8.42 Å². The summed E-state index contributed by atoms with van der Waals surface area (Å²) in [7, 11) is -3.94. The molecule has 1 atom stereocenters. The maximum atomic E-state index is 13.0. The van der Waals surface area contributed by atoms with E-state index >= 15 is 0 Å². The van der Waals surface area contributed by atoms with Gasteiger partial charge in [0, 0.05) is 12.1 Å². The number of hydrogen-bond donors (Lipinski definition) is 3. The van der Waals surface area contributed by atoms with Crippen LogP contribution >= 0.6 is 0 Å². The van der Waals surface area contributed by atoms with Crippen molar-refractivity contribution in [2.24, 2.45) is 0 Å².